The summed E-state index contributed by atoms with van der Waals surface area (Å²) in [7, 11) is -1.04. The van der Waals surface area contributed by atoms with Gasteiger partial charge in [-0.25, -0.2) is 0 Å². The number of ether oxygens (including phenoxy) is 1. The summed E-state index contributed by atoms with van der Waals surface area (Å²) < 4.78 is 18.6. The van der Waals surface area contributed by atoms with Gasteiger partial charge in [0.1, 0.15) is 0 Å². The van der Waals surface area contributed by atoms with Gasteiger partial charge in [0.25, 0.3) is 0 Å². The molecule has 0 aromatic heterocycles. The number of benzene rings is 1. The van der Waals surface area contributed by atoms with Crippen LogP contribution in [0.2, 0.25) is 0 Å². The van der Waals surface area contributed by atoms with Gasteiger partial charge >= 0.3 is 0 Å². The number of nitrogens with two attached hydrogens (primary N) is 1. The molecule has 1 saturated heterocycles. The quantitative estimate of drug-likeness (QED) is 0.869. The van der Waals surface area contributed by atoms with E-state index in [0.29, 0.717) is 11.4 Å². The largest absolute Gasteiger partial charge is 0.398 e. The van der Waals surface area contributed by atoms with E-state index in [9.17, 15) is 4.21 Å². The van der Waals surface area contributed by atoms with Gasteiger partial charge in [-0.3, -0.25) is 4.21 Å². The second-order valence-corrected chi connectivity index (χ2v) is 6.61. The topological polar surface area (TPSA) is 52.3 Å². The smallest absolute Gasteiger partial charge is 0.0628 e. The third-order valence-electron chi connectivity index (χ3n) is 2.87. The predicted octanol–water partition coefficient (Wildman–Crippen LogP) is 2.71. The molecular formula is C12H16BrNO2S. The molecule has 1 aliphatic heterocycles. The van der Waals surface area contributed by atoms with Crippen LogP contribution in [-0.4, -0.2) is 22.7 Å². The molecule has 2 N–H and O–H groups in total. The average Bonchev–Trinajstić information content (AvgIpc) is 2.82. The van der Waals surface area contributed by atoms with E-state index in [4.69, 9.17) is 10.5 Å². The Morgan fingerprint density at radius 3 is 3.06 bits per heavy atom. The van der Waals surface area contributed by atoms with Crippen LogP contribution in [-0.2, 0) is 15.5 Å². The molecule has 2 atom stereocenters. The summed E-state index contributed by atoms with van der Waals surface area (Å²) in [4.78, 5) is 0.720. The van der Waals surface area contributed by atoms with Crippen molar-refractivity contribution in [1.82, 2.24) is 0 Å². The molecule has 1 aromatic rings. The fourth-order valence-corrected chi connectivity index (χ4v) is 3.72. The molecule has 1 heterocycles. The van der Waals surface area contributed by atoms with Crippen LogP contribution >= 0.6 is 15.9 Å². The zero-order valence-corrected chi connectivity index (χ0v) is 11.9. The van der Waals surface area contributed by atoms with Gasteiger partial charge in [0.2, 0.25) is 0 Å². The van der Waals surface area contributed by atoms with Crippen molar-refractivity contribution in [2.45, 2.75) is 30.3 Å². The Balaban J connectivity index is 1.96. The van der Waals surface area contributed by atoms with Crippen molar-refractivity contribution < 1.29 is 8.95 Å². The first kappa shape index (κ1) is 13.1. The van der Waals surface area contributed by atoms with Crippen LogP contribution in [0.15, 0.2) is 27.6 Å². The molecular weight excluding hydrogens is 302 g/mol. The van der Waals surface area contributed by atoms with Crippen molar-refractivity contribution in [2.24, 2.45) is 0 Å². The molecule has 0 saturated carbocycles. The van der Waals surface area contributed by atoms with Gasteiger partial charge in [0, 0.05) is 22.5 Å². The summed E-state index contributed by atoms with van der Waals surface area (Å²) >= 11 is 3.37. The lowest BCUT2D eigenvalue weighted by Gasteiger charge is -2.10. The third-order valence-corrected chi connectivity index (χ3v) is 4.81. The van der Waals surface area contributed by atoms with E-state index in [0.717, 1.165) is 35.2 Å². The summed E-state index contributed by atoms with van der Waals surface area (Å²) in [6.07, 6.45) is 3.34. The highest BCUT2D eigenvalue weighted by molar-refractivity contribution is 9.10. The highest BCUT2D eigenvalue weighted by Gasteiger charge is 2.17. The first-order valence-corrected chi connectivity index (χ1v) is 7.83. The maximum absolute atomic E-state index is 12.1. The van der Waals surface area contributed by atoms with Crippen molar-refractivity contribution in [3.05, 3.63) is 22.7 Å². The lowest BCUT2D eigenvalue weighted by Crippen LogP contribution is -2.11. The second kappa shape index (κ2) is 5.98. The predicted molar refractivity (Wildman–Crippen MR) is 73.4 cm³/mol. The molecule has 5 heteroatoms. The lowest BCUT2D eigenvalue weighted by atomic mass is 10.2. The molecule has 1 aromatic carbocycles. The molecule has 0 bridgehead atoms. The van der Waals surface area contributed by atoms with Gasteiger partial charge < -0.3 is 10.5 Å². The van der Waals surface area contributed by atoms with E-state index in [-0.39, 0.29) is 6.10 Å². The summed E-state index contributed by atoms with van der Waals surface area (Å²) in [6.45, 7) is 0.844. The van der Waals surface area contributed by atoms with Gasteiger partial charge in [-0.05, 0) is 37.5 Å². The van der Waals surface area contributed by atoms with Crippen molar-refractivity contribution in [3.8, 4) is 0 Å². The molecule has 94 valence electrons. The molecule has 0 amide bonds. The van der Waals surface area contributed by atoms with Crippen molar-refractivity contribution in [3.63, 3.8) is 0 Å². The van der Waals surface area contributed by atoms with E-state index >= 15 is 0 Å². The highest BCUT2D eigenvalue weighted by atomic mass is 79.9. The Morgan fingerprint density at radius 2 is 2.35 bits per heavy atom. The zero-order valence-electron chi connectivity index (χ0n) is 9.52. The minimum absolute atomic E-state index is 0.285. The van der Waals surface area contributed by atoms with Gasteiger partial charge in [-0.2, -0.15) is 0 Å². The number of rotatable bonds is 4. The Morgan fingerprint density at radius 1 is 1.53 bits per heavy atom. The van der Waals surface area contributed by atoms with Crippen molar-refractivity contribution in [1.29, 1.82) is 0 Å². The summed E-state index contributed by atoms with van der Waals surface area (Å²) in [6, 6.07) is 5.47. The lowest BCUT2D eigenvalue weighted by molar-refractivity contribution is 0.109. The van der Waals surface area contributed by atoms with E-state index < -0.39 is 10.8 Å². The molecule has 2 rings (SSSR count). The molecule has 0 aliphatic carbocycles. The first-order chi connectivity index (χ1) is 8.16. The van der Waals surface area contributed by atoms with Gasteiger partial charge in [0.05, 0.1) is 21.8 Å². The number of anilines is 1. The minimum atomic E-state index is -1.04. The number of nitrogen functional groups attached to an aromatic ring is 1. The fourth-order valence-electron chi connectivity index (χ4n) is 1.93. The van der Waals surface area contributed by atoms with Crippen LogP contribution in [0.5, 0.6) is 0 Å². The first-order valence-electron chi connectivity index (χ1n) is 5.72. The summed E-state index contributed by atoms with van der Waals surface area (Å²) in [5.41, 5.74) is 6.43. The maximum atomic E-state index is 12.1. The van der Waals surface area contributed by atoms with Crippen LogP contribution in [0.1, 0.15) is 19.3 Å². The average molecular weight is 318 g/mol. The second-order valence-electron chi connectivity index (χ2n) is 4.16. The van der Waals surface area contributed by atoms with Crippen molar-refractivity contribution in [2.75, 3.05) is 18.1 Å². The van der Waals surface area contributed by atoms with E-state index in [1.54, 1.807) is 6.07 Å². The van der Waals surface area contributed by atoms with Crippen LogP contribution in [0.3, 0.4) is 0 Å². The molecule has 0 radical (unpaired) electrons. The Kier molecular flexibility index (Phi) is 4.59. The number of hydrogen-bond acceptors (Lipinski definition) is 3. The van der Waals surface area contributed by atoms with E-state index in [2.05, 4.69) is 15.9 Å². The number of halogens is 1. The van der Waals surface area contributed by atoms with Gasteiger partial charge in [0.15, 0.2) is 0 Å². The fraction of sp³-hybridized carbons (Fsp3) is 0.500. The monoisotopic (exact) mass is 317 g/mol. The van der Waals surface area contributed by atoms with Crippen LogP contribution < -0.4 is 5.73 Å². The van der Waals surface area contributed by atoms with E-state index in [1.165, 1.54) is 0 Å². The molecule has 17 heavy (non-hydrogen) atoms. The summed E-state index contributed by atoms with van der Waals surface area (Å²) in [5, 5.41) is 0. The van der Waals surface area contributed by atoms with Crippen molar-refractivity contribution >= 4 is 32.4 Å². The molecule has 3 nitrogen and oxygen atoms in total. The SMILES string of the molecule is Nc1ccc(Br)cc1S(=O)CCC1CCCO1. The van der Waals surface area contributed by atoms with Crippen LogP contribution in [0.25, 0.3) is 0 Å². The number of hydrogen-bond donors (Lipinski definition) is 1. The molecule has 1 fully saturated rings. The van der Waals surface area contributed by atoms with Gasteiger partial charge in [-0.15, -0.1) is 0 Å². The Hall–Kier alpha value is -0.390. The molecule has 1 aliphatic rings. The summed E-state index contributed by atoms with van der Waals surface area (Å²) in [5.74, 6) is 0.616. The maximum Gasteiger partial charge on any atom is 0.0628 e. The Bertz CT molecular complexity index is 419. The third kappa shape index (κ3) is 3.53. The standard InChI is InChI=1S/C12H16BrNO2S/c13-9-3-4-11(14)12(8-9)17(15)7-5-10-2-1-6-16-10/h3-4,8,10H,1-2,5-7,14H2. The molecule has 0 spiro atoms. The normalized spacial score (nSPS) is 21.6. The van der Waals surface area contributed by atoms with Crippen LogP contribution in [0.4, 0.5) is 5.69 Å². The zero-order chi connectivity index (χ0) is 12.3. The highest BCUT2D eigenvalue weighted by Crippen LogP contribution is 2.23. The van der Waals surface area contributed by atoms with E-state index in [1.807, 2.05) is 12.1 Å². The molecule has 2 unspecified atom stereocenters. The van der Waals surface area contributed by atoms with Crippen LogP contribution in [0, 0.1) is 0 Å². The Labute approximate surface area is 112 Å². The minimum Gasteiger partial charge on any atom is -0.398 e. The van der Waals surface area contributed by atoms with Gasteiger partial charge in [-0.1, -0.05) is 15.9 Å².